The van der Waals surface area contributed by atoms with E-state index in [0.29, 0.717) is 13.1 Å². The second-order valence-electron chi connectivity index (χ2n) is 8.01. The van der Waals surface area contributed by atoms with Crippen molar-refractivity contribution >= 4 is 27.8 Å². The van der Waals surface area contributed by atoms with Gasteiger partial charge in [-0.25, -0.2) is 18.4 Å². The molecule has 0 spiro atoms. The molecule has 1 aromatic carbocycles. The Morgan fingerprint density at radius 3 is 2.20 bits per heavy atom. The topological polar surface area (TPSA) is 162 Å². The summed E-state index contributed by atoms with van der Waals surface area (Å²) < 4.78 is 31.1. The maximum Gasteiger partial charge on any atom is 0.410 e. The predicted molar refractivity (Wildman–Crippen MR) is 113 cm³/mol. The SMILES string of the molecule is Cc1cc(N)ccc1OC1CCN(C(=O)OC(C)(C)C)CC1.NS(=O)(=O)CC(=O)O. The highest BCUT2D eigenvalue weighted by atomic mass is 32.2. The number of amides is 1. The van der Waals surface area contributed by atoms with E-state index in [1.807, 2.05) is 45.9 Å². The standard InChI is InChI=1S/C17H26N2O3.C2H5NO4S/c1-12-11-13(18)5-6-15(12)21-14-7-9-19(10-8-14)16(20)22-17(2,3)4;3-8(6,7)1-2(4)5/h5-6,11,14H,7-10,18H2,1-4H3;1H2,(H,4,5)(H2,3,6,7). The van der Waals surface area contributed by atoms with Crippen molar-refractivity contribution in [2.75, 3.05) is 24.6 Å². The summed E-state index contributed by atoms with van der Waals surface area (Å²) in [5.41, 5.74) is 7.07. The number of carbonyl (C=O) groups is 2. The Hall–Kier alpha value is -2.53. The summed E-state index contributed by atoms with van der Waals surface area (Å²) in [6, 6.07) is 5.66. The van der Waals surface area contributed by atoms with Crippen molar-refractivity contribution in [2.45, 2.75) is 52.2 Å². The molecule has 2 rings (SSSR count). The number of sulfonamides is 1. The number of hydrogen-bond donors (Lipinski definition) is 3. The van der Waals surface area contributed by atoms with Crippen LogP contribution in [-0.4, -0.2) is 61.0 Å². The molecule has 10 nitrogen and oxygen atoms in total. The van der Waals surface area contributed by atoms with Crippen molar-refractivity contribution in [1.82, 2.24) is 4.90 Å². The van der Waals surface area contributed by atoms with E-state index in [1.54, 1.807) is 4.90 Å². The van der Waals surface area contributed by atoms with Crippen LogP contribution in [0.2, 0.25) is 0 Å². The van der Waals surface area contributed by atoms with E-state index < -0.39 is 27.3 Å². The van der Waals surface area contributed by atoms with Crippen LogP contribution < -0.4 is 15.6 Å². The van der Waals surface area contributed by atoms with Crippen LogP contribution in [0.3, 0.4) is 0 Å². The van der Waals surface area contributed by atoms with Crippen LogP contribution in [0.15, 0.2) is 18.2 Å². The number of nitrogens with two attached hydrogens (primary N) is 2. The molecule has 1 fully saturated rings. The van der Waals surface area contributed by atoms with Gasteiger partial charge in [0.2, 0.25) is 10.0 Å². The minimum Gasteiger partial charge on any atom is -0.490 e. The van der Waals surface area contributed by atoms with Crippen molar-refractivity contribution in [1.29, 1.82) is 0 Å². The van der Waals surface area contributed by atoms with Gasteiger partial charge in [0.25, 0.3) is 0 Å². The van der Waals surface area contributed by atoms with Gasteiger partial charge < -0.3 is 25.2 Å². The van der Waals surface area contributed by atoms with Gasteiger partial charge in [-0.15, -0.1) is 0 Å². The number of aliphatic carboxylic acids is 1. The summed E-state index contributed by atoms with van der Waals surface area (Å²) in [4.78, 5) is 23.3. The molecule has 1 heterocycles. The minimum absolute atomic E-state index is 0.126. The van der Waals surface area contributed by atoms with E-state index in [1.165, 1.54) is 0 Å². The molecule has 0 radical (unpaired) electrons. The van der Waals surface area contributed by atoms with E-state index in [0.717, 1.165) is 29.8 Å². The number of anilines is 1. The van der Waals surface area contributed by atoms with Crippen LogP contribution in [-0.2, 0) is 19.6 Å². The number of piperidine rings is 1. The van der Waals surface area contributed by atoms with Gasteiger partial charge in [-0.2, -0.15) is 0 Å². The molecular formula is C19H31N3O7S. The number of carboxylic acid groups (broad SMARTS) is 1. The molecule has 0 aromatic heterocycles. The second kappa shape index (κ2) is 10.5. The monoisotopic (exact) mass is 445 g/mol. The van der Waals surface area contributed by atoms with E-state index in [4.69, 9.17) is 20.3 Å². The van der Waals surface area contributed by atoms with Gasteiger partial charge in [-0.3, -0.25) is 4.79 Å². The molecular weight excluding hydrogens is 414 g/mol. The van der Waals surface area contributed by atoms with Crippen LogP contribution in [0.4, 0.5) is 10.5 Å². The Morgan fingerprint density at radius 1 is 1.23 bits per heavy atom. The third-order valence-corrected chi connectivity index (χ3v) is 4.56. The van der Waals surface area contributed by atoms with Crippen LogP contribution in [0.5, 0.6) is 5.75 Å². The maximum atomic E-state index is 12.0. The first-order valence-corrected chi connectivity index (χ1v) is 11.1. The number of primary sulfonamides is 1. The summed E-state index contributed by atoms with van der Waals surface area (Å²) >= 11 is 0. The summed E-state index contributed by atoms with van der Waals surface area (Å²) in [7, 11) is -3.82. The lowest BCUT2D eigenvalue weighted by atomic mass is 10.1. The highest BCUT2D eigenvalue weighted by molar-refractivity contribution is 7.89. The number of aryl methyl sites for hydroxylation is 1. The number of benzene rings is 1. The first-order valence-electron chi connectivity index (χ1n) is 9.39. The Labute approximate surface area is 177 Å². The second-order valence-corrected chi connectivity index (χ2v) is 9.62. The zero-order chi connectivity index (χ0) is 23.1. The molecule has 0 unspecified atom stereocenters. The smallest absolute Gasteiger partial charge is 0.410 e. The number of likely N-dealkylation sites (tertiary alicyclic amines) is 1. The largest absolute Gasteiger partial charge is 0.490 e. The molecule has 1 saturated heterocycles. The highest BCUT2D eigenvalue weighted by Gasteiger charge is 2.27. The van der Waals surface area contributed by atoms with Crippen molar-refractivity contribution in [3.8, 4) is 5.75 Å². The minimum atomic E-state index is -3.82. The van der Waals surface area contributed by atoms with Crippen LogP contribution in [0.25, 0.3) is 0 Å². The van der Waals surface area contributed by atoms with Gasteiger partial charge in [0, 0.05) is 31.6 Å². The lowest BCUT2D eigenvalue weighted by Gasteiger charge is -2.33. The van der Waals surface area contributed by atoms with Crippen LogP contribution in [0, 0.1) is 6.92 Å². The normalized spacial score (nSPS) is 15.0. The van der Waals surface area contributed by atoms with E-state index in [-0.39, 0.29) is 12.2 Å². The average molecular weight is 446 g/mol. The van der Waals surface area contributed by atoms with E-state index in [2.05, 4.69) is 5.14 Å². The molecule has 5 N–H and O–H groups in total. The number of hydrogen-bond acceptors (Lipinski definition) is 7. The first-order chi connectivity index (χ1) is 13.7. The maximum absolute atomic E-state index is 12.0. The summed E-state index contributed by atoms with van der Waals surface area (Å²) in [6.45, 7) is 8.95. The summed E-state index contributed by atoms with van der Waals surface area (Å²) in [6.07, 6.45) is 1.50. The number of carbonyl (C=O) groups excluding carboxylic acids is 1. The van der Waals surface area contributed by atoms with Gasteiger partial charge in [0.1, 0.15) is 17.5 Å². The van der Waals surface area contributed by atoms with Gasteiger partial charge in [0.05, 0.1) is 0 Å². The number of carboxylic acids is 1. The average Bonchev–Trinajstić information content (AvgIpc) is 2.55. The van der Waals surface area contributed by atoms with Gasteiger partial charge >= 0.3 is 12.1 Å². The lowest BCUT2D eigenvalue weighted by molar-refractivity contribution is -0.134. The summed E-state index contributed by atoms with van der Waals surface area (Å²) in [5, 5.41) is 12.1. The molecule has 1 amide bonds. The predicted octanol–water partition coefficient (Wildman–Crippen LogP) is 1.72. The van der Waals surface area contributed by atoms with Crippen LogP contribution in [0.1, 0.15) is 39.2 Å². The number of ether oxygens (including phenoxy) is 2. The van der Waals surface area contributed by atoms with E-state index >= 15 is 0 Å². The van der Waals surface area contributed by atoms with Gasteiger partial charge in [-0.1, -0.05) is 0 Å². The Balaban J connectivity index is 0.000000479. The Kier molecular flexibility index (Phi) is 8.91. The highest BCUT2D eigenvalue weighted by Crippen LogP contribution is 2.25. The molecule has 0 atom stereocenters. The van der Waals surface area contributed by atoms with Crippen LogP contribution >= 0.6 is 0 Å². The van der Waals surface area contributed by atoms with Gasteiger partial charge in [0.15, 0.2) is 5.75 Å². The number of nitrogens with zero attached hydrogens (tertiary/aromatic N) is 1. The van der Waals surface area contributed by atoms with Crippen molar-refractivity contribution in [3.63, 3.8) is 0 Å². The third-order valence-electron chi connectivity index (χ3n) is 3.91. The fourth-order valence-corrected chi connectivity index (χ4v) is 2.98. The molecule has 1 aromatic rings. The zero-order valence-electron chi connectivity index (χ0n) is 17.8. The molecule has 1 aliphatic rings. The fourth-order valence-electron chi connectivity index (χ4n) is 2.64. The molecule has 0 aliphatic carbocycles. The third kappa shape index (κ3) is 10.3. The molecule has 1 aliphatic heterocycles. The Morgan fingerprint density at radius 2 is 1.80 bits per heavy atom. The van der Waals surface area contributed by atoms with Crippen molar-refractivity contribution in [2.24, 2.45) is 5.14 Å². The van der Waals surface area contributed by atoms with E-state index in [9.17, 15) is 18.0 Å². The van der Waals surface area contributed by atoms with Gasteiger partial charge in [-0.05, 0) is 51.5 Å². The molecule has 0 bridgehead atoms. The number of nitrogen functional groups attached to an aromatic ring is 1. The van der Waals surface area contributed by atoms with Crippen molar-refractivity contribution in [3.05, 3.63) is 23.8 Å². The molecule has 170 valence electrons. The molecule has 0 saturated carbocycles. The van der Waals surface area contributed by atoms with Crippen molar-refractivity contribution < 1.29 is 32.6 Å². The Bertz CT molecular complexity index is 842. The zero-order valence-corrected chi connectivity index (χ0v) is 18.6. The molecule has 30 heavy (non-hydrogen) atoms. The first kappa shape index (κ1) is 25.5. The molecule has 11 heteroatoms. The fraction of sp³-hybridized carbons (Fsp3) is 0.579. The number of rotatable bonds is 4. The lowest BCUT2D eigenvalue weighted by Crippen LogP contribution is -2.44. The quantitative estimate of drug-likeness (QED) is 0.590. The summed E-state index contributed by atoms with van der Waals surface area (Å²) in [5.74, 6) is -1.58.